The molecule has 0 spiro atoms. The minimum atomic E-state index is -4.51. The summed E-state index contributed by atoms with van der Waals surface area (Å²) in [6.07, 6.45) is 0.886. The zero-order chi connectivity index (χ0) is 58.1. The monoisotopic (exact) mass is 1400 g/mol. The first kappa shape index (κ1) is 81.0. The van der Waals surface area contributed by atoms with E-state index in [4.69, 9.17) is 28.8 Å². The summed E-state index contributed by atoms with van der Waals surface area (Å²) in [5.41, 5.74) is 7.91. The average molecular weight is 1410 g/mol. The number of halogens is 4. The summed E-state index contributed by atoms with van der Waals surface area (Å²) >= 11 is 13.5. The molecule has 0 radical (unpaired) electrons. The highest BCUT2D eigenvalue weighted by Gasteiger charge is 2.33. The van der Waals surface area contributed by atoms with Gasteiger partial charge in [0.2, 0.25) is 0 Å². The highest BCUT2D eigenvalue weighted by Crippen LogP contribution is 2.18. The summed E-state index contributed by atoms with van der Waals surface area (Å²) in [6.45, 7) is 1.75. The summed E-state index contributed by atoms with van der Waals surface area (Å²) in [5.74, 6) is -5.06. The van der Waals surface area contributed by atoms with Crippen molar-refractivity contribution in [1.82, 2.24) is 10.6 Å². The van der Waals surface area contributed by atoms with Gasteiger partial charge in [-0.3, -0.25) is 51.8 Å². The zero-order valence-electron chi connectivity index (χ0n) is 39.7. The van der Waals surface area contributed by atoms with Crippen molar-refractivity contribution in [2.45, 2.75) is 76.5 Å². The molecule has 0 fully saturated rings. The first-order valence-corrected chi connectivity index (χ1v) is 30.5. The number of azide groups is 1. The molecule has 0 aromatic heterocycles. The van der Waals surface area contributed by atoms with Crippen LogP contribution in [0, 0.1) is 0 Å². The highest BCUT2D eigenvalue weighted by atomic mass is 79.9. The van der Waals surface area contributed by atoms with Crippen LogP contribution in [0.3, 0.4) is 0 Å². The Kier molecular flexibility index (Phi) is 51.7. The van der Waals surface area contributed by atoms with E-state index in [9.17, 15) is 67.2 Å². The van der Waals surface area contributed by atoms with Crippen molar-refractivity contribution < 1.29 is 114 Å². The molecule has 0 aromatic carbocycles. The van der Waals surface area contributed by atoms with Gasteiger partial charge in [0, 0.05) is 34.4 Å². The third-order valence-corrected chi connectivity index (χ3v) is 15.2. The van der Waals surface area contributed by atoms with Crippen molar-refractivity contribution in [3.8, 4) is 0 Å². The summed E-state index contributed by atoms with van der Waals surface area (Å²) in [4.78, 5) is 77.3. The number of nitrogens with one attached hydrogen (secondary N) is 2. The van der Waals surface area contributed by atoms with E-state index in [1.165, 1.54) is 21.1 Å². The van der Waals surface area contributed by atoms with Gasteiger partial charge in [-0.05, 0) is 71.2 Å². The zero-order valence-corrected chi connectivity index (χ0v) is 50.2. The maximum Gasteiger partial charge on any atom is 0.326 e. The Bertz CT molecular complexity index is 2120. The molecule has 72 heavy (non-hydrogen) atoms. The number of ether oxygens (including phenoxy) is 5. The minimum absolute atomic E-state index is 0.00843. The van der Waals surface area contributed by atoms with Crippen molar-refractivity contribution in [1.29, 1.82) is 0 Å². The maximum atomic E-state index is 11.0. The molecule has 39 heteroatoms. The molecule has 0 saturated carbocycles. The van der Waals surface area contributed by atoms with E-state index in [1.807, 2.05) is 0 Å². The van der Waals surface area contributed by atoms with Crippen molar-refractivity contribution in [3.63, 3.8) is 0 Å². The summed E-state index contributed by atoms with van der Waals surface area (Å²) in [7, 11) is -8.70. The number of aliphatic carboxylic acids is 1. The van der Waals surface area contributed by atoms with Crippen LogP contribution in [0.2, 0.25) is 0 Å². The number of methoxy groups -OCH3 is 5. The van der Waals surface area contributed by atoms with E-state index in [1.54, 1.807) is 14.1 Å². The second-order valence-corrected chi connectivity index (χ2v) is 23.8. The number of esters is 5. The third-order valence-electron chi connectivity index (χ3n) is 7.31. The van der Waals surface area contributed by atoms with E-state index in [-0.39, 0.29) is 65.9 Å². The van der Waals surface area contributed by atoms with Crippen molar-refractivity contribution >= 4 is 157 Å². The van der Waals surface area contributed by atoms with Gasteiger partial charge in [-0.1, -0.05) is 80.6 Å². The summed E-state index contributed by atoms with van der Waals surface area (Å²) < 4.78 is 140. The van der Waals surface area contributed by atoms with Crippen LogP contribution in [-0.4, -0.2) is 214 Å². The molecule has 6 unspecified atom stereocenters. The fraction of sp³-hybridized carbons (Fsp3) is 0.788. The van der Waals surface area contributed by atoms with Gasteiger partial charge in [-0.25, -0.2) is 0 Å². The molecule has 0 bridgehead atoms. The SMILES string of the molecule is CNCCC(C(=O)O)S(=O)(=O)O.CNCCC(C(=O)OC)S(=O)(=O)O.COC(=O)C(Br)CCBr.COC(=O)C(CCBr)S(=O)(=O)O.COC(=O)C(CCBr)SC(C)=O.COC(=O)C(CCN=[N+]=[N-])S(=O)(=O)O. The lowest BCUT2D eigenvalue weighted by atomic mass is 10.3. The van der Waals surface area contributed by atoms with Crippen LogP contribution < -0.4 is 10.6 Å². The molecule has 0 amide bonds. The molecule has 0 rings (SSSR count). The first-order chi connectivity index (χ1) is 33.0. The normalized spacial score (nSPS) is 13.3. The molecule has 0 aliphatic carbocycles. The molecule has 0 aliphatic rings. The summed E-state index contributed by atoms with van der Waals surface area (Å²) in [6, 6.07) is 0. The number of rotatable bonds is 26. The Morgan fingerprint density at radius 1 is 0.556 bits per heavy atom. The lowest BCUT2D eigenvalue weighted by molar-refractivity contribution is -0.141. The number of hydrogen-bond donors (Lipinski definition) is 7. The average Bonchev–Trinajstić information content (AvgIpc) is 3.27. The number of alkyl halides is 4. The van der Waals surface area contributed by atoms with Crippen molar-refractivity contribution in [2.24, 2.45) is 5.11 Å². The standard InChI is InChI=1S/C7H11BrO3S.C6H13NO5S.C5H8Br2O2.C5H9BrO5S.C5H9N3O5S.C5H11NO5S/c1-5(9)12-6(3-4-8)7(10)11-2;1-7-4-3-5(6(8)12-2)13(9,10)11;1-9-5(8)4(7)2-3-6;1-11-5(7)4(2-3-6)12(8,9)10;1-13-5(9)4(14(10,11)12)2-3-7-8-6;1-6-3-2-4(5(7)8)12(9,10)11/h6H,3-4H2,1-2H3;5,7H,3-4H2,1-2H3,(H,9,10,11);4H,2-3H2,1H3;4H,2-3H2,1H3,(H,8,9,10);4H,2-3H2,1H3,(H,10,11,12);4,6H,2-3H2,1H3,(H,7,8)(H,9,10,11). The molecule has 426 valence electrons. The maximum absolute atomic E-state index is 11.0. The number of carbonyl (C=O) groups excluding carboxylic acids is 6. The quantitative estimate of drug-likeness (QED) is 0.0123. The minimum Gasteiger partial charge on any atom is -0.480 e. The fourth-order valence-corrected chi connectivity index (χ4v) is 10.6. The second-order valence-electron chi connectivity index (χ2n) is 12.5. The molecule has 0 aromatic rings. The Balaban J connectivity index is -0.000000182. The number of thioether (sulfide) groups is 1. The van der Waals surface area contributed by atoms with Crippen LogP contribution in [-0.2, 0) is 97.7 Å². The lowest BCUT2D eigenvalue weighted by Gasteiger charge is -2.10. The Morgan fingerprint density at radius 3 is 1.14 bits per heavy atom. The van der Waals surface area contributed by atoms with Crippen molar-refractivity contribution in [3.05, 3.63) is 10.4 Å². The third kappa shape index (κ3) is 45.1. The van der Waals surface area contributed by atoms with Crippen LogP contribution in [0.15, 0.2) is 5.11 Å². The van der Waals surface area contributed by atoms with Crippen molar-refractivity contribution in [2.75, 3.05) is 85.3 Å². The first-order valence-electron chi connectivity index (χ1n) is 19.3. The van der Waals surface area contributed by atoms with E-state index in [0.29, 0.717) is 23.6 Å². The van der Waals surface area contributed by atoms with Gasteiger partial charge in [-0.2, -0.15) is 33.7 Å². The van der Waals surface area contributed by atoms with Crippen LogP contribution in [0.4, 0.5) is 0 Å². The van der Waals surface area contributed by atoms with Crippen LogP contribution >= 0.6 is 75.5 Å². The van der Waals surface area contributed by atoms with Gasteiger partial charge in [-0.15, -0.1) is 0 Å². The number of carboxylic acids is 1. The summed E-state index contributed by atoms with van der Waals surface area (Å²) in [5, 5.41) is 11.6. The van der Waals surface area contributed by atoms with Gasteiger partial charge in [0.25, 0.3) is 40.5 Å². The Morgan fingerprint density at radius 2 is 0.875 bits per heavy atom. The highest BCUT2D eigenvalue weighted by molar-refractivity contribution is 9.10. The molecular weight excluding hydrogens is 1350 g/mol. The van der Waals surface area contributed by atoms with Crippen LogP contribution in [0.5, 0.6) is 0 Å². The van der Waals surface area contributed by atoms with E-state index in [2.05, 4.69) is 108 Å². The molecule has 7 N–H and O–H groups in total. The van der Waals surface area contributed by atoms with Crippen LogP contribution in [0.25, 0.3) is 10.4 Å². The molecule has 30 nitrogen and oxygen atoms in total. The Hall–Kier alpha value is -2.37. The van der Waals surface area contributed by atoms with Gasteiger partial charge in [0.05, 0.1) is 35.5 Å². The number of carbonyl (C=O) groups is 7. The van der Waals surface area contributed by atoms with Crippen LogP contribution in [0.1, 0.15) is 45.4 Å². The topological polar surface area (TPSA) is 476 Å². The van der Waals surface area contributed by atoms with Gasteiger partial charge < -0.3 is 39.4 Å². The fourth-order valence-electron chi connectivity index (χ4n) is 3.83. The van der Waals surface area contributed by atoms with Gasteiger partial charge >= 0.3 is 35.8 Å². The van der Waals surface area contributed by atoms with E-state index in [0.717, 1.165) is 44.8 Å². The molecule has 0 saturated heterocycles. The molecule has 0 aliphatic heterocycles. The predicted octanol–water partition coefficient (Wildman–Crippen LogP) is 1.58. The van der Waals surface area contributed by atoms with E-state index >= 15 is 0 Å². The number of carboxylic acid groups (broad SMARTS) is 1. The van der Waals surface area contributed by atoms with Gasteiger partial charge in [0.15, 0.2) is 26.1 Å². The predicted molar refractivity (Wildman–Crippen MR) is 275 cm³/mol. The molecule has 6 atom stereocenters. The molecular formula is C33H61Br4N5O25S5. The Labute approximate surface area is 455 Å². The van der Waals surface area contributed by atoms with Gasteiger partial charge in [0.1, 0.15) is 10.1 Å². The lowest BCUT2D eigenvalue weighted by Crippen LogP contribution is -2.33. The smallest absolute Gasteiger partial charge is 0.326 e. The number of hydrogen-bond acceptors (Lipinski definition) is 24. The second kappa shape index (κ2) is 46.0. The van der Waals surface area contributed by atoms with E-state index < -0.39 is 85.3 Å². The number of nitrogens with zero attached hydrogens (tertiary/aromatic N) is 3. The molecule has 0 heterocycles. The largest absolute Gasteiger partial charge is 0.480 e.